The molecular formula is C20H18F2N2O2. The molecule has 1 amide bonds. The van der Waals surface area contributed by atoms with Crippen LogP contribution in [0.2, 0.25) is 0 Å². The smallest absolute Gasteiger partial charge is 0.224 e. The van der Waals surface area contributed by atoms with E-state index < -0.39 is 11.6 Å². The molecule has 2 aromatic carbocycles. The van der Waals surface area contributed by atoms with Gasteiger partial charge in [0.1, 0.15) is 5.82 Å². The number of hydrogen-bond donors (Lipinski definition) is 1. The number of rotatable bonds is 6. The van der Waals surface area contributed by atoms with Crippen LogP contribution in [-0.2, 0) is 11.2 Å². The lowest BCUT2D eigenvalue weighted by molar-refractivity contribution is -0.116. The highest BCUT2D eigenvalue weighted by atomic mass is 19.1. The fourth-order valence-corrected chi connectivity index (χ4v) is 2.61. The first kappa shape index (κ1) is 17.7. The standard InChI is InChI=1S/C20H18F2N2O2/c1-26-19-8-4-14(12-17(19)22)5-9-20(25)23-18-13-15(6-7-16(18)21)24-10-2-3-11-24/h2-4,6-8,10-13H,5,9H2,1H3,(H,23,25). The maximum absolute atomic E-state index is 14.0. The number of ether oxygens (including phenoxy) is 1. The molecule has 0 spiro atoms. The second kappa shape index (κ2) is 7.82. The van der Waals surface area contributed by atoms with E-state index in [0.717, 1.165) is 5.69 Å². The fourth-order valence-electron chi connectivity index (χ4n) is 2.61. The number of anilines is 1. The molecule has 0 saturated heterocycles. The van der Waals surface area contributed by atoms with Crippen molar-refractivity contribution in [3.8, 4) is 11.4 Å². The number of carbonyl (C=O) groups excluding carboxylic acids is 1. The first-order valence-electron chi connectivity index (χ1n) is 8.12. The molecule has 0 aliphatic carbocycles. The minimum Gasteiger partial charge on any atom is -0.494 e. The van der Waals surface area contributed by atoms with Crippen LogP contribution < -0.4 is 10.1 Å². The normalized spacial score (nSPS) is 10.6. The molecule has 26 heavy (non-hydrogen) atoms. The first-order valence-corrected chi connectivity index (χ1v) is 8.12. The number of aromatic nitrogens is 1. The average molecular weight is 356 g/mol. The number of benzene rings is 2. The molecule has 0 bridgehead atoms. The van der Waals surface area contributed by atoms with E-state index in [1.165, 1.54) is 25.3 Å². The molecule has 1 heterocycles. The van der Waals surface area contributed by atoms with Crippen LogP contribution in [0.3, 0.4) is 0 Å². The zero-order valence-electron chi connectivity index (χ0n) is 14.2. The van der Waals surface area contributed by atoms with Gasteiger partial charge in [-0.1, -0.05) is 6.07 Å². The van der Waals surface area contributed by atoms with E-state index >= 15 is 0 Å². The second-order valence-corrected chi connectivity index (χ2v) is 5.77. The van der Waals surface area contributed by atoms with Gasteiger partial charge < -0.3 is 14.6 Å². The van der Waals surface area contributed by atoms with Gasteiger partial charge in [-0.3, -0.25) is 4.79 Å². The van der Waals surface area contributed by atoms with Gasteiger partial charge in [0.05, 0.1) is 12.8 Å². The van der Waals surface area contributed by atoms with Crippen molar-refractivity contribution in [3.05, 3.63) is 78.1 Å². The quantitative estimate of drug-likeness (QED) is 0.714. The highest BCUT2D eigenvalue weighted by Crippen LogP contribution is 2.21. The van der Waals surface area contributed by atoms with Gasteiger partial charge in [-0.05, 0) is 54.4 Å². The van der Waals surface area contributed by atoms with Gasteiger partial charge in [-0.2, -0.15) is 0 Å². The molecule has 0 radical (unpaired) electrons. The van der Waals surface area contributed by atoms with Crippen molar-refractivity contribution in [1.82, 2.24) is 4.57 Å². The van der Waals surface area contributed by atoms with Crippen molar-refractivity contribution in [2.45, 2.75) is 12.8 Å². The third kappa shape index (κ3) is 4.08. The van der Waals surface area contributed by atoms with E-state index in [1.807, 2.05) is 29.1 Å². The zero-order chi connectivity index (χ0) is 18.5. The molecule has 0 saturated carbocycles. The topological polar surface area (TPSA) is 43.3 Å². The maximum atomic E-state index is 14.0. The predicted molar refractivity (Wildman–Crippen MR) is 95.6 cm³/mol. The van der Waals surface area contributed by atoms with Gasteiger partial charge in [0.15, 0.2) is 11.6 Å². The van der Waals surface area contributed by atoms with Crippen LogP contribution >= 0.6 is 0 Å². The van der Waals surface area contributed by atoms with Crippen LogP contribution in [0.15, 0.2) is 60.9 Å². The molecule has 6 heteroatoms. The summed E-state index contributed by atoms with van der Waals surface area (Å²) < 4.78 is 34.3. The van der Waals surface area contributed by atoms with Crippen LogP contribution in [0.5, 0.6) is 5.75 Å². The molecule has 0 unspecified atom stereocenters. The van der Waals surface area contributed by atoms with Crippen LogP contribution in [-0.4, -0.2) is 17.6 Å². The lowest BCUT2D eigenvalue weighted by atomic mass is 10.1. The first-order chi connectivity index (χ1) is 12.6. The molecule has 1 N–H and O–H groups in total. The minimum absolute atomic E-state index is 0.110. The Morgan fingerprint density at radius 1 is 1.08 bits per heavy atom. The summed E-state index contributed by atoms with van der Waals surface area (Å²) in [5.74, 6) is -1.17. The Hall–Kier alpha value is -3.15. The van der Waals surface area contributed by atoms with Gasteiger partial charge in [0, 0.05) is 24.5 Å². The highest BCUT2D eigenvalue weighted by Gasteiger charge is 2.10. The SMILES string of the molecule is COc1ccc(CCC(=O)Nc2cc(-n3cccc3)ccc2F)cc1F. The monoisotopic (exact) mass is 356 g/mol. The third-order valence-corrected chi connectivity index (χ3v) is 3.98. The number of carbonyl (C=O) groups is 1. The van der Waals surface area contributed by atoms with Crippen molar-refractivity contribution in [1.29, 1.82) is 0 Å². The molecule has 3 rings (SSSR count). The van der Waals surface area contributed by atoms with Gasteiger partial charge in [-0.25, -0.2) is 8.78 Å². The minimum atomic E-state index is -0.509. The van der Waals surface area contributed by atoms with E-state index in [0.29, 0.717) is 12.0 Å². The van der Waals surface area contributed by atoms with Crippen LogP contribution in [0.25, 0.3) is 5.69 Å². The van der Waals surface area contributed by atoms with Gasteiger partial charge in [0.25, 0.3) is 0 Å². The molecule has 0 atom stereocenters. The summed E-state index contributed by atoms with van der Waals surface area (Å²) in [6.07, 6.45) is 4.11. The number of hydrogen-bond acceptors (Lipinski definition) is 2. The summed E-state index contributed by atoms with van der Waals surface area (Å²) in [6, 6.07) is 12.8. The summed E-state index contributed by atoms with van der Waals surface area (Å²) in [7, 11) is 1.39. The fraction of sp³-hybridized carbons (Fsp3) is 0.150. The molecule has 134 valence electrons. The third-order valence-electron chi connectivity index (χ3n) is 3.98. The summed E-state index contributed by atoms with van der Waals surface area (Å²) in [6.45, 7) is 0. The summed E-state index contributed by atoms with van der Waals surface area (Å²) in [5, 5.41) is 2.57. The van der Waals surface area contributed by atoms with E-state index in [1.54, 1.807) is 18.2 Å². The number of nitrogens with zero attached hydrogens (tertiary/aromatic N) is 1. The van der Waals surface area contributed by atoms with Crippen molar-refractivity contribution in [2.24, 2.45) is 0 Å². The largest absolute Gasteiger partial charge is 0.494 e. The lowest BCUT2D eigenvalue weighted by Crippen LogP contribution is -2.14. The summed E-state index contributed by atoms with van der Waals surface area (Å²) in [5.41, 5.74) is 1.52. The Morgan fingerprint density at radius 2 is 1.85 bits per heavy atom. The predicted octanol–water partition coefficient (Wildman–Crippen LogP) is 4.34. The van der Waals surface area contributed by atoms with Crippen molar-refractivity contribution >= 4 is 11.6 Å². The molecule has 0 fully saturated rings. The van der Waals surface area contributed by atoms with E-state index in [2.05, 4.69) is 5.32 Å². The average Bonchev–Trinajstić information content (AvgIpc) is 3.16. The van der Waals surface area contributed by atoms with Crippen LogP contribution in [0.1, 0.15) is 12.0 Å². The van der Waals surface area contributed by atoms with Crippen molar-refractivity contribution in [3.63, 3.8) is 0 Å². The van der Waals surface area contributed by atoms with Crippen molar-refractivity contribution < 1.29 is 18.3 Å². The molecule has 0 aliphatic heterocycles. The highest BCUT2D eigenvalue weighted by molar-refractivity contribution is 5.91. The van der Waals surface area contributed by atoms with E-state index in [4.69, 9.17) is 4.74 Å². The number of halogens is 2. The molecule has 4 nitrogen and oxygen atoms in total. The zero-order valence-corrected chi connectivity index (χ0v) is 14.2. The number of nitrogens with one attached hydrogen (secondary N) is 1. The Morgan fingerprint density at radius 3 is 2.54 bits per heavy atom. The van der Waals surface area contributed by atoms with Crippen LogP contribution in [0.4, 0.5) is 14.5 Å². The number of amides is 1. The van der Waals surface area contributed by atoms with Crippen LogP contribution in [0, 0.1) is 11.6 Å². The van der Waals surface area contributed by atoms with E-state index in [9.17, 15) is 13.6 Å². The van der Waals surface area contributed by atoms with Gasteiger partial charge in [0.2, 0.25) is 5.91 Å². The van der Waals surface area contributed by atoms with E-state index in [-0.39, 0.29) is 23.8 Å². The molecular weight excluding hydrogens is 338 g/mol. The number of methoxy groups -OCH3 is 1. The molecule has 0 aliphatic rings. The molecule has 3 aromatic rings. The van der Waals surface area contributed by atoms with Gasteiger partial charge in [-0.15, -0.1) is 0 Å². The molecule has 1 aromatic heterocycles. The number of aryl methyl sites for hydroxylation is 1. The Labute approximate surface area is 150 Å². The lowest BCUT2D eigenvalue weighted by Gasteiger charge is -2.10. The summed E-state index contributed by atoms with van der Waals surface area (Å²) in [4.78, 5) is 12.1. The second-order valence-electron chi connectivity index (χ2n) is 5.77. The Balaban J connectivity index is 1.65. The Kier molecular flexibility index (Phi) is 5.31. The Bertz CT molecular complexity index is 908. The van der Waals surface area contributed by atoms with Crippen molar-refractivity contribution in [2.75, 3.05) is 12.4 Å². The summed E-state index contributed by atoms with van der Waals surface area (Å²) >= 11 is 0. The maximum Gasteiger partial charge on any atom is 0.224 e. The van der Waals surface area contributed by atoms with Gasteiger partial charge >= 0.3 is 0 Å².